The Balaban J connectivity index is 2.67. The zero-order chi connectivity index (χ0) is 31.8. The van der Waals surface area contributed by atoms with Gasteiger partial charge in [0.15, 0.2) is 0 Å². The van der Waals surface area contributed by atoms with Crippen molar-refractivity contribution in [1.82, 2.24) is 0 Å². The molecule has 0 unspecified atom stereocenters. The predicted molar refractivity (Wildman–Crippen MR) is 183 cm³/mol. The zero-order valence-corrected chi connectivity index (χ0v) is 29.4. The summed E-state index contributed by atoms with van der Waals surface area (Å²) in [5.41, 5.74) is 10.8. The Morgan fingerprint density at radius 3 is 1.50 bits per heavy atom. The third kappa shape index (κ3) is 7.47. The molecular formula is C38H55O3P. The molecule has 0 aliphatic heterocycles. The van der Waals surface area contributed by atoms with Gasteiger partial charge in [0.2, 0.25) is 0 Å². The first-order valence-electron chi connectivity index (χ1n) is 15.5. The lowest BCUT2D eigenvalue weighted by Crippen LogP contribution is -2.24. The topological polar surface area (TPSA) is 49.7 Å². The van der Waals surface area contributed by atoms with Gasteiger partial charge in [0, 0.05) is 5.56 Å². The summed E-state index contributed by atoms with van der Waals surface area (Å²) in [5.74, 6) is 0.559. The van der Waals surface area contributed by atoms with Crippen molar-refractivity contribution in [1.29, 1.82) is 0 Å². The van der Waals surface area contributed by atoms with Crippen molar-refractivity contribution in [2.45, 2.75) is 131 Å². The van der Waals surface area contributed by atoms with Crippen LogP contribution in [-0.4, -0.2) is 9.79 Å². The van der Waals surface area contributed by atoms with Gasteiger partial charge in [0.25, 0.3) is 0 Å². The highest BCUT2D eigenvalue weighted by Crippen LogP contribution is 2.50. The fourth-order valence-corrected chi connectivity index (χ4v) is 6.69. The van der Waals surface area contributed by atoms with E-state index in [-0.39, 0.29) is 21.7 Å². The lowest BCUT2D eigenvalue weighted by molar-refractivity contribution is 0.373. The summed E-state index contributed by atoms with van der Waals surface area (Å²) < 4.78 is 5.77. The Labute approximate surface area is 257 Å². The van der Waals surface area contributed by atoms with Crippen LogP contribution in [0.1, 0.15) is 131 Å². The lowest BCUT2D eigenvalue weighted by atomic mass is 9.69. The number of hydrogen-bond acceptors (Lipinski definition) is 3. The molecule has 0 radical (unpaired) electrons. The molecule has 0 atom stereocenters. The Morgan fingerprint density at radius 1 is 0.595 bits per heavy atom. The van der Waals surface area contributed by atoms with Gasteiger partial charge >= 0.3 is 8.60 Å². The molecule has 0 aliphatic carbocycles. The van der Waals surface area contributed by atoms with Crippen LogP contribution in [0.3, 0.4) is 0 Å². The molecule has 4 heteroatoms. The van der Waals surface area contributed by atoms with E-state index >= 15 is 0 Å². The standard InChI is InChI=1S/C38H55O3P/c1-14-15-18-27-31(41-42(39)40)24-23-25(26-19-16-21-29(35(2,3)4)33(26)37(8,9)10)32(27)28-20-17-22-30(36(5,6)7)34(28)38(11,12)13/h16-17,19-24,39-40H,14-15,18H2,1-13H3. The summed E-state index contributed by atoms with van der Waals surface area (Å²) >= 11 is 0. The van der Waals surface area contributed by atoms with Crippen LogP contribution in [0.4, 0.5) is 0 Å². The Bertz CT molecular complexity index is 1390. The maximum absolute atomic E-state index is 10.0. The van der Waals surface area contributed by atoms with E-state index in [1.54, 1.807) is 0 Å². The first kappa shape index (κ1) is 34.3. The van der Waals surface area contributed by atoms with E-state index in [1.165, 1.54) is 38.9 Å². The summed E-state index contributed by atoms with van der Waals surface area (Å²) in [6.45, 7) is 29.8. The average Bonchev–Trinajstić information content (AvgIpc) is 2.84. The van der Waals surface area contributed by atoms with Crippen molar-refractivity contribution in [3.63, 3.8) is 0 Å². The molecular weight excluding hydrogens is 535 g/mol. The van der Waals surface area contributed by atoms with Gasteiger partial charge in [-0.15, -0.1) is 0 Å². The maximum Gasteiger partial charge on any atom is 0.391 e. The molecule has 0 spiro atoms. The molecule has 0 fully saturated rings. The monoisotopic (exact) mass is 590 g/mol. The summed E-state index contributed by atoms with van der Waals surface area (Å²) in [6.07, 6.45) is 2.78. The number of benzene rings is 3. The molecule has 3 nitrogen and oxygen atoms in total. The second-order valence-corrected chi connectivity index (χ2v) is 16.6. The number of rotatable bonds is 7. The lowest BCUT2D eigenvalue weighted by Gasteiger charge is -2.35. The van der Waals surface area contributed by atoms with Crippen LogP contribution in [0.25, 0.3) is 22.3 Å². The van der Waals surface area contributed by atoms with E-state index in [0.717, 1.165) is 30.4 Å². The molecule has 3 aromatic carbocycles. The van der Waals surface area contributed by atoms with Crippen LogP contribution < -0.4 is 4.52 Å². The van der Waals surface area contributed by atoms with Gasteiger partial charge in [-0.2, -0.15) is 0 Å². The van der Waals surface area contributed by atoms with Crippen molar-refractivity contribution in [2.24, 2.45) is 0 Å². The fourth-order valence-electron chi connectivity index (χ4n) is 6.34. The minimum atomic E-state index is -2.55. The van der Waals surface area contributed by atoms with Gasteiger partial charge in [0.1, 0.15) is 5.75 Å². The molecule has 0 aromatic heterocycles. The van der Waals surface area contributed by atoms with Crippen LogP contribution in [0.2, 0.25) is 0 Å². The third-order valence-electron chi connectivity index (χ3n) is 8.03. The van der Waals surface area contributed by atoms with Crippen LogP contribution in [0.5, 0.6) is 5.75 Å². The second-order valence-electron chi connectivity index (χ2n) is 15.9. The maximum atomic E-state index is 10.0. The zero-order valence-electron chi connectivity index (χ0n) is 28.5. The molecule has 0 aliphatic rings. The predicted octanol–water partition coefficient (Wildman–Crippen LogP) is 11.1. The van der Waals surface area contributed by atoms with Crippen molar-refractivity contribution in [3.8, 4) is 28.0 Å². The highest BCUT2D eigenvalue weighted by molar-refractivity contribution is 7.39. The van der Waals surface area contributed by atoms with E-state index in [4.69, 9.17) is 4.52 Å². The van der Waals surface area contributed by atoms with Gasteiger partial charge in [-0.3, -0.25) is 0 Å². The van der Waals surface area contributed by atoms with Crippen LogP contribution in [0, 0.1) is 0 Å². The van der Waals surface area contributed by atoms with Gasteiger partial charge in [-0.25, -0.2) is 0 Å². The Kier molecular flexibility index (Phi) is 10.2. The van der Waals surface area contributed by atoms with Crippen molar-refractivity contribution in [3.05, 3.63) is 76.3 Å². The fraction of sp³-hybridized carbons (Fsp3) is 0.526. The molecule has 0 saturated carbocycles. The normalized spacial score (nSPS) is 13.1. The molecule has 3 aromatic rings. The first-order chi connectivity index (χ1) is 19.2. The summed E-state index contributed by atoms with van der Waals surface area (Å²) in [6, 6.07) is 17.6. The molecule has 0 bridgehead atoms. The van der Waals surface area contributed by atoms with E-state index < -0.39 is 8.60 Å². The van der Waals surface area contributed by atoms with Crippen LogP contribution in [0.15, 0.2) is 48.5 Å². The molecule has 42 heavy (non-hydrogen) atoms. The Hall–Kier alpha value is -2.19. The molecule has 2 N–H and O–H groups in total. The molecule has 0 saturated heterocycles. The van der Waals surface area contributed by atoms with Crippen LogP contribution in [-0.2, 0) is 28.1 Å². The van der Waals surface area contributed by atoms with Gasteiger partial charge in [-0.05, 0) is 85.1 Å². The molecule has 3 rings (SSSR count). The minimum absolute atomic E-state index is 0.0286. The second kappa shape index (κ2) is 12.4. The average molecular weight is 591 g/mol. The third-order valence-corrected chi connectivity index (χ3v) is 8.39. The first-order valence-corrected chi connectivity index (χ1v) is 16.7. The summed E-state index contributed by atoms with van der Waals surface area (Å²) in [4.78, 5) is 20.0. The quantitative estimate of drug-likeness (QED) is 0.269. The van der Waals surface area contributed by atoms with Crippen molar-refractivity contribution >= 4 is 8.60 Å². The highest BCUT2D eigenvalue weighted by atomic mass is 31.2. The van der Waals surface area contributed by atoms with Gasteiger partial charge in [-0.1, -0.05) is 139 Å². The van der Waals surface area contributed by atoms with Crippen molar-refractivity contribution in [2.75, 3.05) is 0 Å². The smallest absolute Gasteiger partial charge is 0.391 e. The molecule has 230 valence electrons. The Morgan fingerprint density at radius 2 is 1.07 bits per heavy atom. The molecule has 0 amide bonds. The number of hydrogen-bond donors (Lipinski definition) is 2. The van der Waals surface area contributed by atoms with Crippen LogP contribution >= 0.6 is 8.60 Å². The van der Waals surface area contributed by atoms with Gasteiger partial charge in [0.05, 0.1) is 0 Å². The summed E-state index contributed by atoms with van der Waals surface area (Å²) in [7, 11) is -2.55. The van der Waals surface area contributed by atoms with Gasteiger partial charge < -0.3 is 14.3 Å². The molecule has 0 heterocycles. The number of unbranched alkanes of at least 4 members (excludes halogenated alkanes) is 1. The van der Waals surface area contributed by atoms with E-state index in [0.29, 0.717) is 5.75 Å². The van der Waals surface area contributed by atoms with Crippen molar-refractivity contribution < 1.29 is 14.3 Å². The van der Waals surface area contributed by atoms with E-state index in [1.807, 2.05) is 6.07 Å². The SMILES string of the molecule is CCCCc1c(OP(O)O)ccc(-c2cccc(C(C)(C)C)c2C(C)(C)C)c1-c1cccc(C(C)(C)C)c1C(C)(C)C. The van der Waals surface area contributed by atoms with E-state index in [9.17, 15) is 9.79 Å². The minimum Gasteiger partial charge on any atom is -0.427 e. The summed E-state index contributed by atoms with van der Waals surface area (Å²) in [5, 5.41) is 0. The highest BCUT2D eigenvalue weighted by Gasteiger charge is 2.33. The van der Waals surface area contributed by atoms with E-state index in [2.05, 4.69) is 132 Å². The largest absolute Gasteiger partial charge is 0.427 e.